The number of H-pyrrole nitrogens is 1. The lowest BCUT2D eigenvalue weighted by atomic mass is 10.2. The molecule has 1 aliphatic rings. The fourth-order valence-electron chi connectivity index (χ4n) is 3.53. The number of hydrogen-bond donors (Lipinski definition) is 1. The molecule has 0 radical (unpaired) electrons. The molecule has 4 heterocycles. The van der Waals surface area contributed by atoms with Crippen LogP contribution in [0.1, 0.15) is 17.7 Å². The van der Waals surface area contributed by atoms with Crippen LogP contribution in [0, 0.1) is 0 Å². The molecule has 0 spiro atoms. The van der Waals surface area contributed by atoms with E-state index in [0.717, 1.165) is 21.9 Å². The maximum atomic E-state index is 13.0. The molecule has 164 valence electrons. The molecule has 0 aromatic carbocycles. The number of fused-ring (bicyclic) bond motifs is 1. The average molecular weight is 479 g/mol. The van der Waals surface area contributed by atoms with E-state index in [1.54, 1.807) is 47.9 Å². The summed E-state index contributed by atoms with van der Waals surface area (Å²) in [5.41, 5.74) is 1.61. The minimum absolute atomic E-state index is 0.264. The summed E-state index contributed by atoms with van der Waals surface area (Å²) in [7, 11) is -2.08. The van der Waals surface area contributed by atoms with Crippen molar-refractivity contribution in [2.24, 2.45) is 0 Å². The van der Waals surface area contributed by atoms with Gasteiger partial charge in [0.05, 0.1) is 0 Å². The maximum absolute atomic E-state index is 13.0. The van der Waals surface area contributed by atoms with Crippen LogP contribution in [0.5, 0.6) is 0 Å². The highest BCUT2D eigenvalue weighted by molar-refractivity contribution is 7.98. The maximum Gasteiger partial charge on any atom is 0.328 e. The Bertz CT molecular complexity index is 1300. The van der Waals surface area contributed by atoms with E-state index in [0.29, 0.717) is 30.7 Å². The van der Waals surface area contributed by atoms with Gasteiger partial charge in [-0.2, -0.15) is 11.8 Å². The second-order valence-corrected chi connectivity index (χ2v) is 11.6. The topological polar surface area (TPSA) is 105 Å². The number of hydrogen-bond acceptors (Lipinski definition) is 7. The smallest absolute Gasteiger partial charge is 0.297 e. The lowest BCUT2D eigenvalue weighted by Gasteiger charge is -2.21. The molecule has 0 fully saturated rings. The largest absolute Gasteiger partial charge is 0.328 e. The van der Waals surface area contributed by atoms with E-state index in [9.17, 15) is 18.0 Å². The minimum atomic E-state index is -3.63. The number of sulfonamides is 1. The van der Waals surface area contributed by atoms with Crippen molar-refractivity contribution in [3.63, 3.8) is 0 Å². The monoisotopic (exact) mass is 478 g/mol. The molecular formula is C20H22N4O4S3. The van der Waals surface area contributed by atoms with Crippen LogP contribution in [0.2, 0.25) is 0 Å². The Morgan fingerprint density at radius 2 is 1.97 bits per heavy atom. The molecule has 3 aromatic heterocycles. The van der Waals surface area contributed by atoms with Crippen LogP contribution in [-0.2, 0) is 28.7 Å². The van der Waals surface area contributed by atoms with Gasteiger partial charge in [0.1, 0.15) is 4.21 Å². The number of nitrogens with zero attached hydrogens (tertiary/aromatic N) is 3. The molecular weight excluding hydrogens is 456 g/mol. The molecule has 1 aliphatic heterocycles. The summed E-state index contributed by atoms with van der Waals surface area (Å²) in [6.07, 6.45) is 4.47. The van der Waals surface area contributed by atoms with Crippen LogP contribution in [0.4, 0.5) is 0 Å². The number of aromatic nitrogens is 3. The highest BCUT2D eigenvalue weighted by atomic mass is 32.2. The Kier molecular flexibility index (Phi) is 6.47. The third-order valence-corrected chi connectivity index (χ3v) is 9.65. The van der Waals surface area contributed by atoms with Gasteiger partial charge in [0.15, 0.2) is 0 Å². The Labute approximate surface area is 188 Å². The van der Waals surface area contributed by atoms with Crippen molar-refractivity contribution in [1.29, 1.82) is 0 Å². The third-order valence-electron chi connectivity index (χ3n) is 5.21. The van der Waals surface area contributed by atoms with E-state index in [1.807, 2.05) is 12.1 Å². The number of pyridine rings is 1. The first-order valence-corrected chi connectivity index (χ1v) is 13.2. The van der Waals surface area contributed by atoms with Crippen LogP contribution < -0.4 is 11.2 Å². The number of aromatic amines is 1. The normalized spacial score (nSPS) is 14.0. The van der Waals surface area contributed by atoms with E-state index < -0.39 is 15.7 Å². The van der Waals surface area contributed by atoms with E-state index in [-0.39, 0.29) is 16.3 Å². The molecule has 4 rings (SSSR count). The zero-order valence-corrected chi connectivity index (χ0v) is 19.4. The van der Waals surface area contributed by atoms with Crippen LogP contribution in [0.15, 0.2) is 50.5 Å². The van der Waals surface area contributed by atoms with Gasteiger partial charge in [-0.25, -0.2) is 17.5 Å². The Morgan fingerprint density at radius 3 is 2.74 bits per heavy atom. The van der Waals surface area contributed by atoms with E-state index in [1.165, 1.54) is 15.6 Å². The van der Waals surface area contributed by atoms with Gasteiger partial charge in [-0.05, 0) is 48.4 Å². The van der Waals surface area contributed by atoms with Crippen molar-refractivity contribution in [1.82, 2.24) is 18.8 Å². The first-order chi connectivity index (χ1) is 14.9. The number of rotatable bonds is 7. The van der Waals surface area contributed by atoms with E-state index >= 15 is 0 Å². The van der Waals surface area contributed by atoms with E-state index in [2.05, 4.69) is 9.97 Å². The van der Waals surface area contributed by atoms with Crippen molar-refractivity contribution in [3.05, 3.63) is 68.8 Å². The summed E-state index contributed by atoms with van der Waals surface area (Å²) < 4.78 is 29.1. The molecule has 0 bridgehead atoms. The molecule has 11 heteroatoms. The average Bonchev–Trinajstić information content (AvgIpc) is 3.28. The van der Waals surface area contributed by atoms with Gasteiger partial charge < -0.3 is 0 Å². The molecule has 3 aromatic rings. The number of thioether (sulfide) groups is 1. The molecule has 31 heavy (non-hydrogen) atoms. The second-order valence-electron chi connectivity index (χ2n) is 7.17. The molecule has 0 saturated heterocycles. The predicted molar refractivity (Wildman–Crippen MR) is 123 cm³/mol. The van der Waals surface area contributed by atoms with Gasteiger partial charge in [-0.1, -0.05) is 0 Å². The SMILES string of the molecule is CN(CCCn1c2c(c(=O)[nH]c1=O)CSCC2)S(=O)(=O)c1ccc(-c2ccncc2)s1. The minimum Gasteiger partial charge on any atom is -0.297 e. The summed E-state index contributed by atoms with van der Waals surface area (Å²) >= 11 is 2.89. The summed E-state index contributed by atoms with van der Waals surface area (Å²) in [4.78, 5) is 31.6. The van der Waals surface area contributed by atoms with Crippen molar-refractivity contribution < 1.29 is 8.42 Å². The van der Waals surface area contributed by atoms with Crippen molar-refractivity contribution in [2.45, 2.75) is 29.3 Å². The first-order valence-electron chi connectivity index (χ1n) is 9.77. The van der Waals surface area contributed by atoms with Crippen molar-refractivity contribution >= 4 is 33.1 Å². The molecule has 0 amide bonds. The number of thiophene rings is 1. The third kappa shape index (κ3) is 4.54. The van der Waals surface area contributed by atoms with Crippen LogP contribution >= 0.6 is 23.1 Å². The summed E-state index contributed by atoms with van der Waals surface area (Å²) in [5.74, 6) is 1.46. The van der Waals surface area contributed by atoms with Crippen LogP contribution in [-0.4, -0.2) is 46.6 Å². The molecule has 8 nitrogen and oxygen atoms in total. The zero-order valence-electron chi connectivity index (χ0n) is 16.9. The van der Waals surface area contributed by atoms with Gasteiger partial charge in [0.25, 0.3) is 15.6 Å². The molecule has 0 atom stereocenters. The number of nitrogens with one attached hydrogen (secondary N) is 1. The summed E-state index contributed by atoms with van der Waals surface area (Å²) in [6.45, 7) is 0.620. The standard InChI is InChI=1S/C20H22N4O4S3/c1-23(31(27,28)18-4-3-17(30-18)14-5-8-21-9-6-14)10-2-11-24-16-7-12-29-13-15(16)19(25)22-20(24)26/h3-6,8-9H,2,7,10-13H2,1H3,(H,22,25,26). The van der Waals surface area contributed by atoms with Gasteiger partial charge >= 0.3 is 5.69 Å². The summed E-state index contributed by atoms with van der Waals surface area (Å²) in [5, 5.41) is 0. The van der Waals surface area contributed by atoms with Gasteiger partial charge in [0.2, 0.25) is 0 Å². The highest BCUT2D eigenvalue weighted by Crippen LogP contribution is 2.31. The molecule has 1 N–H and O–H groups in total. The molecule has 0 unspecified atom stereocenters. The van der Waals surface area contributed by atoms with Gasteiger partial charge in [0, 0.05) is 54.4 Å². The van der Waals surface area contributed by atoms with Gasteiger partial charge in [-0.15, -0.1) is 11.3 Å². The Balaban J connectivity index is 1.46. The van der Waals surface area contributed by atoms with Crippen LogP contribution in [0.3, 0.4) is 0 Å². The fraction of sp³-hybridized carbons (Fsp3) is 0.350. The van der Waals surface area contributed by atoms with Crippen molar-refractivity contribution in [3.8, 4) is 10.4 Å². The highest BCUT2D eigenvalue weighted by Gasteiger charge is 2.23. The summed E-state index contributed by atoms with van der Waals surface area (Å²) in [6, 6.07) is 7.10. The van der Waals surface area contributed by atoms with Gasteiger partial charge in [-0.3, -0.25) is 19.3 Å². The predicted octanol–water partition coefficient (Wildman–Crippen LogP) is 2.16. The molecule has 0 aliphatic carbocycles. The second kappa shape index (κ2) is 9.11. The quantitative estimate of drug-likeness (QED) is 0.558. The van der Waals surface area contributed by atoms with E-state index in [4.69, 9.17) is 0 Å². The first kappa shape index (κ1) is 22.0. The molecule has 0 saturated carbocycles. The Hall–Kier alpha value is -2.21. The lowest BCUT2D eigenvalue weighted by molar-refractivity contribution is 0.440. The zero-order chi connectivity index (χ0) is 22.0. The van der Waals surface area contributed by atoms with Crippen LogP contribution in [0.25, 0.3) is 10.4 Å². The van der Waals surface area contributed by atoms with Crippen molar-refractivity contribution in [2.75, 3.05) is 19.3 Å². The Morgan fingerprint density at radius 1 is 1.19 bits per heavy atom. The lowest BCUT2D eigenvalue weighted by Crippen LogP contribution is -2.37. The fourth-order valence-corrected chi connectivity index (χ4v) is 7.24.